The number of hydrogen-bond acceptors (Lipinski definition) is 3. The number of sulfonamides is 1. The first-order valence-corrected chi connectivity index (χ1v) is 9.45. The molecule has 2 aliphatic rings. The molecule has 116 valence electrons. The van der Waals surface area contributed by atoms with Gasteiger partial charge in [-0.3, -0.25) is 0 Å². The molecule has 0 atom stereocenters. The molecule has 2 saturated carbocycles. The van der Waals surface area contributed by atoms with Gasteiger partial charge in [-0.15, -0.1) is 0 Å². The topological polar surface area (TPSA) is 58.2 Å². The minimum atomic E-state index is -3.46. The molecule has 3 rings (SSSR count). The molecule has 1 aromatic rings. The maximum Gasteiger partial charge on any atom is 0.240 e. The maximum atomic E-state index is 12.3. The van der Waals surface area contributed by atoms with E-state index in [9.17, 15) is 8.42 Å². The molecule has 2 fully saturated rings. The Morgan fingerprint density at radius 3 is 2.43 bits per heavy atom. The molecule has 21 heavy (non-hydrogen) atoms. The zero-order chi connectivity index (χ0) is 14.9. The van der Waals surface area contributed by atoms with Crippen molar-refractivity contribution in [3.05, 3.63) is 28.8 Å². The minimum absolute atomic E-state index is 0.0741. The predicted octanol–water partition coefficient (Wildman–Crippen LogP) is 2.81. The van der Waals surface area contributed by atoms with Gasteiger partial charge in [-0.1, -0.05) is 30.5 Å². The van der Waals surface area contributed by atoms with Crippen molar-refractivity contribution in [2.75, 3.05) is 0 Å². The SMILES string of the molecule is O=S(=O)(NC1CCCC1)c1ccc(CNC2CC2)c(Cl)c1. The second-order valence-corrected chi connectivity index (χ2v) is 8.13. The van der Waals surface area contributed by atoms with Crippen LogP contribution in [0.25, 0.3) is 0 Å². The average Bonchev–Trinajstić information content (AvgIpc) is 3.14. The summed E-state index contributed by atoms with van der Waals surface area (Å²) in [7, 11) is -3.46. The molecule has 0 bridgehead atoms. The van der Waals surface area contributed by atoms with Crippen LogP contribution in [0.5, 0.6) is 0 Å². The van der Waals surface area contributed by atoms with Crippen LogP contribution < -0.4 is 10.0 Å². The average molecular weight is 329 g/mol. The van der Waals surface area contributed by atoms with Gasteiger partial charge < -0.3 is 5.32 Å². The number of nitrogens with one attached hydrogen (secondary N) is 2. The summed E-state index contributed by atoms with van der Waals surface area (Å²) < 4.78 is 27.5. The van der Waals surface area contributed by atoms with Crippen molar-refractivity contribution in [1.29, 1.82) is 0 Å². The molecule has 2 N–H and O–H groups in total. The summed E-state index contributed by atoms with van der Waals surface area (Å²) in [6.45, 7) is 0.694. The second-order valence-electron chi connectivity index (χ2n) is 6.01. The number of hydrogen-bond donors (Lipinski definition) is 2. The smallest absolute Gasteiger partial charge is 0.240 e. The van der Waals surface area contributed by atoms with E-state index >= 15 is 0 Å². The third-order valence-corrected chi connectivity index (χ3v) is 6.04. The van der Waals surface area contributed by atoms with Crippen LogP contribution in [0.3, 0.4) is 0 Å². The fourth-order valence-electron chi connectivity index (χ4n) is 2.71. The van der Waals surface area contributed by atoms with Crippen LogP contribution in [0.1, 0.15) is 44.1 Å². The van der Waals surface area contributed by atoms with E-state index in [1.54, 1.807) is 18.2 Å². The highest BCUT2D eigenvalue weighted by Gasteiger charge is 2.24. The van der Waals surface area contributed by atoms with Crippen LogP contribution in [0.2, 0.25) is 5.02 Å². The standard InChI is InChI=1S/C15H21ClN2O2S/c16-15-9-14(8-5-11(15)10-17-12-6-7-12)21(19,20)18-13-3-1-2-4-13/h5,8-9,12-13,17-18H,1-4,6-7,10H2. The third-order valence-electron chi connectivity index (χ3n) is 4.17. The molecule has 0 radical (unpaired) electrons. The molecule has 1 aromatic carbocycles. The molecule has 0 aliphatic heterocycles. The Hall–Kier alpha value is -0.620. The van der Waals surface area contributed by atoms with E-state index < -0.39 is 10.0 Å². The highest BCUT2D eigenvalue weighted by atomic mass is 35.5. The highest BCUT2D eigenvalue weighted by molar-refractivity contribution is 7.89. The van der Waals surface area contributed by atoms with Gasteiger partial charge in [-0.25, -0.2) is 13.1 Å². The van der Waals surface area contributed by atoms with Crippen LogP contribution in [0, 0.1) is 0 Å². The van der Waals surface area contributed by atoms with Crippen molar-refractivity contribution in [2.24, 2.45) is 0 Å². The summed E-state index contributed by atoms with van der Waals surface area (Å²) in [5, 5.41) is 3.89. The molecule has 0 saturated heterocycles. The van der Waals surface area contributed by atoms with Crippen LogP contribution in [-0.4, -0.2) is 20.5 Å². The molecule has 2 aliphatic carbocycles. The van der Waals surface area contributed by atoms with Gasteiger partial charge in [0.15, 0.2) is 0 Å². The Bertz CT molecular complexity index is 608. The first-order chi connectivity index (χ1) is 10.0. The maximum absolute atomic E-state index is 12.3. The minimum Gasteiger partial charge on any atom is -0.310 e. The fraction of sp³-hybridized carbons (Fsp3) is 0.600. The molecular weight excluding hydrogens is 308 g/mol. The monoisotopic (exact) mass is 328 g/mol. The summed E-state index contributed by atoms with van der Waals surface area (Å²) >= 11 is 6.22. The molecule has 0 heterocycles. The van der Waals surface area contributed by atoms with Gasteiger partial charge >= 0.3 is 0 Å². The van der Waals surface area contributed by atoms with E-state index in [0.717, 1.165) is 31.2 Å². The van der Waals surface area contributed by atoms with Crippen LogP contribution in [-0.2, 0) is 16.6 Å². The molecular formula is C15H21ClN2O2S. The van der Waals surface area contributed by atoms with Crippen LogP contribution in [0.15, 0.2) is 23.1 Å². The summed E-state index contributed by atoms with van der Waals surface area (Å²) in [4.78, 5) is 0.259. The van der Waals surface area contributed by atoms with Crippen LogP contribution >= 0.6 is 11.6 Å². The second kappa shape index (κ2) is 6.24. The van der Waals surface area contributed by atoms with E-state index in [0.29, 0.717) is 17.6 Å². The first kappa shape index (κ1) is 15.3. The number of halogens is 1. The van der Waals surface area contributed by atoms with Crippen molar-refractivity contribution < 1.29 is 8.42 Å². The normalized spacial score (nSPS) is 20.0. The van der Waals surface area contributed by atoms with Gasteiger partial charge in [0.05, 0.1) is 4.90 Å². The molecule has 0 spiro atoms. The van der Waals surface area contributed by atoms with Gasteiger partial charge in [-0.05, 0) is 43.4 Å². The van der Waals surface area contributed by atoms with Crippen molar-refractivity contribution in [1.82, 2.24) is 10.0 Å². The Morgan fingerprint density at radius 1 is 1.10 bits per heavy atom. The number of benzene rings is 1. The molecule has 0 unspecified atom stereocenters. The Kier molecular flexibility index (Phi) is 4.54. The lowest BCUT2D eigenvalue weighted by molar-refractivity contribution is 0.552. The zero-order valence-electron chi connectivity index (χ0n) is 11.9. The quantitative estimate of drug-likeness (QED) is 0.844. The van der Waals surface area contributed by atoms with E-state index in [2.05, 4.69) is 10.0 Å². The summed E-state index contributed by atoms with van der Waals surface area (Å²) in [5.41, 5.74) is 0.948. The van der Waals surface area contributed by atoms with Gasteiger partial charge in [0.2, 0.25) is 10.0 Å². The third kappa shape index (κ3) is 3.97. The van der Waals surface area contributed by atoms with E-state index in [1.165, 1.54) is 12.8 Å². The predicted molar refractivity (Wildman–Crippen MR) is 83.9 cm³/mol. The van der Waals surface area contributed by atoms with E-state index in [-0.39, 0.29) is 10.9 Å². The van der Waals surface area contributed by atoms with Crippen molar-refractivity contribution in [3.8, 4) is 0 Å². The lowest BCUT2D eigenvalue weighted by Crippen LogP contribution is -2.32. The van der Waals surface area contributed by atoms with Crippen molar-refractivity contribution >= 4 is 21.6 Å². The summed E-state index contributed by atoms with van der Waals surface area (Å²) in [6.07, 6.45) is 6.48. The van der Waals surface area contributed by atoms with Gasteiger partial charge in [0.25, 0.3) is 0 Å². The summed E-state index contributed by atoms with van der Waals surface area (Å²) in [5.74, 6) is 0. The highest BCUT2D eigenvalue weighted by Crippen LogP contribution is 2.25. The van der Waals surface area contributed by atoms with Gasteiger partial charge in [0.1, 0.15) is 0 Å². The van der Waals surface area contributed by atoms with E-state index in [1.807, 2.05) is 0 Å². The van der Waals surface area contributed by atoms with Gasteiger partial charge in [0, 0.05) is 23.7 Å². The lowest BCUT2D eigenvalue weighted by Gasteiger charge is -2.13. The first-order valence-electron chi connectivity index (χ1n) is 7.59. The Balaban J connectivity index is 1.70. The Morgan fingerprint density at radius 2 is 1.81 bits per heavy atom. The largest absolute Gasteiger partial charge is 0.310 e. The molecule has 4 nitrogen and oxygen atoms in total. The lowest BCUT2D eigenvalue weighted by atomic mass is 10.2. The number of rotatable bonds is 6. The van der Waals surface area contributed by atoms with E-state index in [4.69, 9.17) is 11.6 Å². The van der Waals surface area contributed by atoms with Crippen LogP contribution in [0.4, 0.5) is 0 Å². The molecule has 0 amide bonds. The Labute approximate surface area is 131 Å². The van der Waals surface area contributed by atoms with Crippen molar-refractivity contribution in [3.63, 3.8) is 0 Å². The summed E-state index contributed by atoms with van der Waals surface area (Å²) in [6, 6.07) is 5.69. The zero-order valence-corrected chi connectivity index (χ0v) is 13.5. The molecule has 0 aromatic heterocycles. The molecule has 6 heteroatoms. The van der Waals surface area contributed by atoms with Crippen molar-refractivity contribution in [2.45, 2.75) is 62.0 Å². The fourth-order valence-corrected chi connectivity index (χ4v) is 4.35. The van der Waals surface area contributed by atoms with Gasteiger partial charge in [-0.2, -0.15) is 0 Å².